The van der Waals surface area contributed by atoms with Crippen LogP contribution >= 0.6 is 11.6 Å². The second-order valence-electron chi connectivity index (χ2n) is 8.42. The number of carbonyl (C=O) groups excluding carboxylic acids is 1. The number of fused-ring (bicyclic) bond motifs is 1. The molecule has 1 saturated carbocycles. The predicted octanol–water partition coefficient (Wildman–Crippen LogP) is 5.12. The molecule has 2 aliphatic rings. The van der Waals surface area contributed by atoms with Crippen LogP contribution in [-0.2, 0) is 6.54 Å². The van der Waals surface area contributed by atoms with Gasteiger partial charge in [0.15, 0.2) is 17.1 Å². The van der Waals surface area contributed by atoms with Crippen LogP contribution in [0.3, 0.4) is 0 Å². The number of methoxy groups -OCH3 is 1. The third-order valence-corrected chi connectivity index (χ3v) is 6.44. The number of rotatable bonds is 6. The number of ether oxygens (including phenoxy) is 2. The van der Waals surface area contributed by atoms with Crippen molar-refractivity contribution >= 4 is 28.7 Å². The molecule has 8 heteroatoms. The molecule has 2 fully saturated rings. The molecule has 2 amide bonds. The zero-order valence-electron chi connectivity index (χ0n) is 18.0. The van der Waals surface area contributed by atoms with Crippen LogP contribution < -0.4 is 14.8 Å². The van der Waals surface area contributed by atoms with Gasteiger partial charge in [0.05, 0.1) is 19.8 Å². The highest BCUT2D eigenvalue weighted by molar-refractivity contribution is 6.31. The summed E-state index contributed by atoms with van der Waals surface area (Å²) in [6, 6.07) is 11.2. The first-order valence-electron chi connectivity index (χ1n) is 11.0. The third-order valence-electron chi connectivity index (χ3n) is 6.20. The second kappa shape index (κ2) is 8.90. The number of halogens is 1. The second-order valence-corrected chi connectivity index (χ2v) is 8.85. The number of oxazole rings is 1. The number of nitrogens with zero attached hydrogens (tertiary/aromatic N) is 2. The lowest BCUT2D eigenvalue weighted by atomic mass is 9.96. The molecule has 168 valence electrons. The zero-order valence-corrected chi connectivity index (χ0v) is 18.7. The van der Waals surface area contributed by atoms with E-state index in [9.17, 15) is 4.79 Å². The van der Waals surface area contributed by atoms with Gasteiger partial charge < -0.3 is 24.1 Å². The first kappa shape index (κ1) is 20.9. The number of nitrogens with one attached hydrogen (secondary N) is 1. The number of hydrogen-bond acceptors (Lipinski definition) is 5. The van der Waals surface area contributed by atoms with E-state index in [2.05, 4.69) is 16.4 Å². The SMILES string of the molecule is COc1ccc(C2CNC(=O)N(Cc3nc4ccc(Cl)cc4o3)C2)cc1OC1CCCC1. The van der Waals surface area contributed by atoms with Gasteiger partial charge in [-0.25, -0.2) is 9.78 Å². The van der Waals surface area contributed by atoms with E-state index >= 15 is 0 Å². The Hall–Kier alpha value is -2.93. The van der Waals surface area contributed by atoms with Crippen molar-refractivity contribution in [1.29, 1.82) is 0 Å². The largest absolute Gasteiger partial charge is 0.493 e. The molecule has 2 aromatic carbocycles. The van der Waals surface area contributed by atoms with Crippen LogP contribution in [0.15, 0.2) is 40.8 Å². The summed E-state index contributed by atoms with van der Waals surface area (Å²) in [6.45, 7) is 1.41. The van der Waals surface area contributed by atoms with Crippen LogP contribution in [0.1, 0.15) is 43.1 Å². The molecule has 1 aliphatic carbocycles. The number of amides is 2. The fourth-order valence-corrected chi connectivity index (χ4v) is 4.66. The fraction of sp³-hybridized carbons (Fsp3) is 0.417. The Labute approximate surface area is 191 Å². The van der Waals surface area contributed by atoms with Gasteiger partial charge in [-0.3, -0.25) is 0 Å². The lowest BCUT2D eigenvalue weighted by Crippen LogP contribution is -2.49. The van der Waals surface area contributed by atoms with Crippen molar-refractivity contribution in [3.05, 3.63) is 52.9 Å². The number of carbonyl (C=O) groups is 1. The van der Waals surface area contributed by atoms with Crippen molar-refractivity contribution in [3.8, 4) is 11.5 Å². The molecule has 0 spiro atoms. The van der Waals surface area contributed by atoms with Gasteiger partial charge in [0.25, 0.3) is 0 Å². The van der Waals surface area contributed by atoms with Gasteiger partial charge in [-0.05, 0) is 55.5 Å². The van der Waals surface area contributed by atoms with Gasteiger partial charge in [-0.1, -0.05) is 17.7 Å². The van der Waals surface area contributed by atoms with Gasteiger partial charge in [0.1, 0.15) is 5.52 Å². The first-order valence-corrected chi connectivity index (χ1v) is 11.4. The smallest absolute Gasteiger partial charge is 0.317 e. The summed E-state index contributed by atoms with van der Waals surface area (Å²) >= 11 is 6.04. The highest BCUT2D eigenvalue weighted by Gasteiger charge is 2.29. The van der Waals surface area contributed by atoms with E-state index in [0.717, 1.165) is 35.4 Å². The first-order chi connectivity index (χ1) is 15.6. The summed E-state index contributed by atoms with van der Waals surface area (Å²) in [5.41, 5.74) is 2.45. The Balaban J connectivity index is 1.33. The summed E-state index contributed by atoms with van der Waals surface area (Å²) in [6.07, 6.45) is 4.82. The van der Waals surface area contributed by atoms with Gasteiger partial charge in [-0.2, -0.15) is 0 Å². The van der Waals surface area contributed by atoms with E-state index in [0.29, 0.717) is 29.6 Å². The number of urea groups is 1. The molecular formula is C24H26ClN3O4. The van der Waals surface area contributed by atoms with Crippen LogP contribution in [0.5, 0.6) is 11.5 Å². The minimum absolute atomic E-state index is 0.114. The standard InChI is InChI=1S/C24H26ClN3O4/c1-30-20-9-6-15(10-22(20)31-18-4-2-3-5-18)16-12-26-24(29)28(13-16)14-23-27-19-8-7-17(25)11-21(19)32-23/h6-11,16,18H,2-5,12-14H2,1H3,(H,26,29). The number of aromatic nitrogens is 1. The van der Waals surface area contributed by atoms with E-state index in [-0.39, 0.29) is 24.6 Å². The summed E-state index contributed by atoms with van der Waals surface area (Å²) in [5, 5.41) is 3.58. The Morgan fingerprint density at radius 3 is 2.84 bits per heavy atom. The summed E-state index contributed by atoms with van der Waals surface area (Å²) in [7, 11) is 1.66. The van der Waals surface area contributed by atoms with E-state index in [1.54, 1.807) is 24.1 Å². The Kier molecular flexibility index (Phi) is 5.83. The van der Waals surface area contributed by atoms with Crippen LogP contribution in [-0.4, -0.2) is 42.2 Å². The van der Waals surface area contributed by atoms with Crippen molar-refractivity contribution in [2.24, 2.45) is 0 Å². The monoisotopic (exact) mass is 455 g/mol. The lowest BCUT2D eigenvalue weighted by Gasteiger charge is -2.33. The van der Waals surface area contributed by atoms with E-state index in [4.69, 9.17) is 25.5 Å². The quantitative estimate of drug-likeness (QED) is 0.558. The molecule has 1 unspecified atom stereocenters. The summed E-state index contributed by atoms with van der Waals surface area (Å²) in [4.78, 5) is 18.7. The van der Waals surface area contributed by atoms with Gasteiger partial charge in [0, 0.05) is 30.1 Å². The van der Waals surface area contributed by atoms with Crippen LogP contribution in [0, 0.1) is 0 Å². The van der Waals surface area contributed by atoms with Gasteiger partial charge >= 0.3 is 6.03 Å². The van der Waals surface area contributed by atoms with Crippen molar-refractivity contribution < 1.29 is 18.7 Å². The van der Waals surface area contributed by atoms with E-state index in [1.165, 1.54) is 12.8 Å². The average Bonchev–Trinajstić information content (AvgIpc) is 3.44. The molecule has 5 rings (SSSR count). The molecule has 0 radical (unpaired) electrons. The number of hydrogen-bond donors (Lipinski definition) is 1. The topological polar surface area (TPSA) is 76.8 Å². The molecule has 7 nitrogen and oxygen atoms in total. The average molecular weight is 456 g/mol. The maximum atomic E-state index is 12.5. The zero-order chi connectivity index (χ0) is 22.1. The summed E-state index contributed by atoms with van der Waals surface area (Å²) in [5.74, 6) is 2.11. The Bertz CT molecular complexity index is 1130. The van der Waals surface area contributed by atoms with Gasteiger partial charge in [0.2, 0.25) is 5.89 Å². The lowest BCUT2D eigenvalue weighted by molar-refractivity contribution is 0.170. The molecule has 1 atom stereocenters. The fourth-order valence-electron chi connectivity index (χ4n) is 4.50. The maximum Gasteiger partial charge on any atom is 0.317 e. The van der Waals surface area contributed by atoms with Crippen LogP contribution in [0.2, 0.25) is 5.02 Å². The Morgan fingerprint density at radius 1 is 1.19 bits per heavy atom. The van der Waals surface area contributed by atoms with Gasteiger partial charge in [-0.15, -0.1) is 0 Å². The predicted molar refractivity (Wildman–Crippen MR) is 121 cm³/mol. The minimum atomic E-state index is -0.127. The minimum Gasteiger partial charge on any atom is -0.493 e. The highest BCUT2D eigenvalue weighted by atomic mass is 35.5. The van der Waals surface area contributed by atoms with Crippen molar-refractivity contribution in [2.45, 2.75) is 44.2 Å². The van der Waals surface area contributed by atoms with E-state index < -0.39 is 0 Å². The molecule has 0 bridgehead atoms. The molecule has 1 N–H and O–H groups in total. The van der Waals surface area contributed by atoms with Crippen LogP contribution in [0.4, 0.5) is 4.79 Å². The van der Waals surface area contributed by atoms with Crippen molar-refractivity contribution in [1.82, 2.24) is 15.2 Å². The van der Waals surface area contributed by atoms with E-state index in [1.807, 2.05) is 18.2 Å². The third kappa shape index (κ3) is 4.35. The molecule has 2 heterocycles. The molecule has 32 heavy (non-hydrogen) atoms. The van der Waals surface area contributed by atoms with Crippen molar-refractivity contribution in [3.63, 3.8) is 0 Å². The van der Waals surface area contributed by atoms with Crippen molar-refractivity contribution in [2.75, 3.05) is 20.2 Å². The number of benzene rings is 2. The summed E-state index contributed by atoms with van der Waals surface area (Å²) < 4.78 is 17.6. The highest BCUT2D eigenvalue weighted by Crippen LogP contribution is 2.35. The normalized spacial score (nSPS) is 19.4. The molecular weight excluding hydrogens is 430 g/mol. The Morgan fingerprint density at radius 2 is 2.03 bits per heavy atom. The molecule has 1 aliphatic heterocycles. The molecule has 1 saturated heterocycles. The van der Waals surface area contributed by atoms with Crippen LogP contribution in [0.25, 0.3) is 11.1 Å². The molecule has 3 aromatic rings. The maximum absolute atomic E-state index is 12.5. The molecule has 1 aromatic heterocycles.